The Hall–Kier alpha value is -3.70. The summed E-state index contributed by atoms with van der Waals surface area (Å²) >= 11 is 0. The number of amides is 1. The second-order valence-electron chi connectivity index (χ2n) is 9.12. The van der Waals surface area contributed by atoms with Gasteiger partial charge in [0.1, 0.15) is 0 Å². The van der Waals surface area contributed by atoms with Gasteiger partial charge in [-0.05, 0) is 67.6 Å². The number of benzene rings is 1. The lowest BCUT2D eigenvalue weighted by Crippen LogP contribution is -2.43. The third-order valence-electron chi connectivity index (χ3n) is 6.87. The number of fused-ring (bicyclic) bond motifs is 1. The second-order valence-corrected chi connectivity index (χ2v) is 9.12. The summed E-state index contributed by atoms with van der Waals surface area (Å²) in [7, 11) is 2.14. The Labute approximate surface area is 192 Å². The number of carbonyl (C=O) groups is 1. The first kappa shape index (κ1) is 21.2. The largest absolute Gasteiger partial charge is 0.493 e. The molecule has 2 saturated heterocycles. The van der Waals surface area contributed by atoms with Crippen LogP contribution in [0.4, 0.5) is 0 Å². The molecule has 1 N–H and O–H groups in total. The highest BCUT2D eigenvalue weighted by Crippen LogP contribution is 2.33. The zero-order chi connectivity index (χ0) is 23.1. The average Bonchev–Trinajstić information content (AvgIpc) is 3.39. The van der Waals surface area contributed by atoms with Crippen LogP contribution < -0.4 is 0 Å². The summed E-state index contributed by atoms with van der Waals surface area (Å²) in [6.07, 6.45) is 4.18. The minimum atomic E-state index is -0.0400. The van der Waals surface area contributed by atoms with Gasteiger partial charge in [-0.2, -0.15) is 15.0 Å². The number of piperidine rings is 1. The van der Waals surface area contributed by atoms with E-state index in [1.807, 2.05) is 11.8 Å². The number of carbonyl (C=O) groups excluding carboxylic acids is 1. The van der Waals surface area contributed by atoms with Crippen molar-refractivity contribution in [2.75, 3.05) is 33.2 Å². The van der Waals surface area contributed by atoms with Gasteiger partial charge in [0.2, 0.25) is 5.88 Å². The molecule has 0 aliphatic carbocycles. The number of aromatic hydroxyl groups is 1. The number of nitriles is 1. The van der Waals surface area contributed by atoms with Crippen LogP contribution in [-0.4, -0.2) is 68.8 Å². The third kappa shape index (κ3) is 3.85. The number of hydrogen-bond donors (Lipinski definition) is 1. The van der Waals surface area contributed by atoms with E-state index in [1.165, 1.54) is 4.68 Å². The molecule has 0 radical (unpaired) electrons. The maximum Gasteiger partial charge on any atom is 0.255 e. The van der Waals surface area contributed by atoms with E-state index < -0.39 is 0 Å². The first-order valence-electron chi connectivity index (χ1n) is 11.2. The first-order valence-corrected chi connectivity index (χ1v) is 11.2. The molecule has 0 spiro atoms. The fourth-order valence-electron chi connectivity index (χ4n) is 5.14. The number of hydrogen-bond acceptors (Lipinski definition) is 6. The molecule has 8 heteroatoms. The van der Waals surface area contributed by atoms with Crippen molar-refractivity contribution in [2.24, 2.45) is 11.8 Å². The quantitative estimate of drug-likeness (QED) is 0.670. The molecule has 33 heavy (non-hydrogen) atoms. The molecule has 8 nitrogen and oxygen atoms in total. The fourth-order valence-corrected chi connectivity index (χ4v) is 5.14. The van der Waals surface area contributed by atoms with Crippen molar-refractivity contribution in [2.45, 2.75) is 13.3 Å². The molecule has 2 unspecified atom stereocenters. The predicted molar refractivity (Wildman–Crippen MR) is 123 cm³/mol. The second kappa shape index (κ2) is 8.34. The monoisotopic (exact) mass is 442 g/mol. The van der Waals surface area contributed by atoms with Gasteiger partial charge in [0.15, 0.2) is 5.82 Å². The molecule has 1 aromatic carbocycles. The van der Waals surface area contributed by atoms with Crippen molar-refractivity contribution in [1.29, 1.82) is 5.26 Å². The number of nitrogens with zero attached hydrogens (tertiary/aromatic N) is 6. The molecule has 168 valence electrons. The highest BCUT2D eigenvalue weighted by molar-refractivity contribution is 5.94. The lowest BCUT2D eigenvalue weighted by atomic mass is 9.88. The van der Waals surface area contributed by atoms with Crippen LogP contribution in [0.5, 0.6) is 5.88 Å². The number of pyridine rings is 1. The topological polar surface area (TPSA) is 98.3 Å². The Morgan fingerprint density at radius 3 is 2.67 bits per heavy atom. The molecule has 5 rings (SSSR count). The summed E-state index contributed by atoms with van der Waals surface area (Å²) in [5.74, 6) is 1.63. The van der Waals surface area contributed by atoms with Crippen LogP contribution in [0.15, 0.2) is 42.7 Å². The lowest BCUT2D eigenvalue weighted by Gasteiger charge is -2.34. The van der Waals surface area contributed by atoms with Crippen LogP contribution in [0.25, 0.3) is 16.9 Å². The van der Waals surface area contributed by atoms with Gasteiger partial charge in [0, 0.05) is 32.4 Å². The molecule has 2 fully saturated rings. The van der Waals surface area contributed by atoms with E-state index in [4.69, 9.17) is 5.26 Å². The number of aromatic nitrogens is 3. The molecule has 2 aliphatic heterocycles. The molecule has 1 amide bonds. The first-order chi connectivity index (χ1) is 15.9. The van der Waals surface area contributed by atoms with E-state index in [1.54, 1.807) is 42.7 Å². The maximum absolute atomic E-state index is 13.0. The predicted octanol–water partition coefficient (Wildman–Crippen LogP) is 2.84. The highest BCUT2D eigenvalue weighted by Gasteiger charge is 2.37. The van der Waals surface area contributed by atoms with Crippen molar-refractivity contribution < 1.29 is 9.90 Å². The van der Waals surface area contributed by atoms with Crippen LogP contribution in [0.3, 0.4) is 0 Å². The Morgan fingerprint density at radius 2 is 1.94 bits per heavy atom. The lowest BCUT2D eigenvalue weighted by molar-refractivity contribution is 0.0641. The van der Waals surface area contributed by atoms with E-state index in [0.29, 0.717) is 34.3 Å². The van der Waals surface area contributed by atoms with Crippen LogP contribution in [0, 0.1) is 30.1 Å². The summed E-state index contributed by atoms with van der Waals surface area (Å²) in [5.41, 5.74) is 3.33. The van der Waals surface area contributed by atoms with E-state index in [-0.39, 0.29) is 11.8 Å². The van der Waals surface area contributed by atoms with Crippen LogP contribution in [0.2, 0.25) is 0 Å². The van der Waals surface area contributed by atoms with Crippen molar-refractivity contribution in [1.82, 2.24) is 24.6 Å². The average molecular weight is 443 g/mol. The standard InChI is InChI=1S/C25H26N6O2/c1-16-9-17(10-26)3-5-21(16)22-12-28-31(25(22)33)23-6-4-18(11-27-23)24(32)30-8-7-19-13-29(2)14-20(19)15-30/h3-6,9,11-12,19-20,33H,7-8,13-15H2,1-2H3. The minimum absolute atomic E-state index is 0.000590. The Balaban J connectivity index is 1.34. The summed E-state index contributed by atoms with van der Waals surface area (Å²) in [5, 5.41) is 24.2. The maximum atomic E-state index is 13.0. The minimum Gasteiger partial charge on any atom is -0.493 e. The third-order valence-corrected chi connectivity index (χ3v) is 6.87. The summed E-state index contributed by atoms with van der Waals surface area (Å²) < 4.78 is 1.35. The van der Waals surface area contributed by atoms with E-state index in [9.17, 15) is 9.90 Å². The van der Waals surface area contributed by atoms with Crippen molar-refractivity contribution in [3.63, 3.8) is 0 Å². The highest BCUT2D eigenvalue weighted by atomic mass is 16.3. The van der Waals surface area contributed by atoms with Gasteiger partial charge in [-0.25, -0.2) is 4.98 Å². The molecule has 2 atom stereocenters. The van der Waals surface area contributed by atoms with Gasteiger partial charge in [-0.3, -0.25) is 4.79 Å². The smallest absolute Gasteiger partial charge is 0.255 e. The summed E-state index contributed by atoms with van der Waals surface area (Å²) in [6, 6.07) is 10.8. The molecule has 4 heterocycles. The zero-order valence-electron chi connectivity index (χ0n) is 18.8. The number of rotatable bonds is 3. The van der Waals surface area contributed by atoms with Crippen molar-refractivity contribution >= 4 is 5.91 Å². The number of likely N-dealkylation sites (tertiary alicyclic amines) is 2. The van der Waals surface area contributed by atoms with E-state index >= 15 is 0 Å². The molecule has 0 bridgehead atoms. The Bertz CT molecular complexity index is 1240. The van der Waals surface area contributed by atoms with Crippen LogP contribution in [-0.2, 0) is 0 Å². The van der Waals surface area contributed by atoms with Gasteiger partial charge in [-0.1, -0.05) is 6.07 Å². The molecular weight excluding hydrogens is 416 g/mol. The Kier molecular flexibility index (Phi) is 5.35. The number of aryl methyl sites for hydroxylation is 1. The van der Waals surface area contributed by atoms with Gasteiger partial charge >= 0.3 is 0 Å². The van der Waals surface area contributed by atoms with Crippen molar-refractivity contribution in [3.8, 4) is 28.9 Å². The molecular formula is C25H26N6O2. The summed E-state index contributed by atoms with van der Waals surface area (Å²) in [4.78, 5) is 21.7. The van der Waals surface area contributed by atoms with E-state index in [2.05, 4.69) is 28.1 Å². The van der Waals surface area contributed by atoms with Gasteiger partial charge in [-0.15, -0.1) is 0 Å². The SMILES string of the molecule is Cc1cc(C#N)ccc1-c1cnn(-c2ccc(C(=O)N3CCC4CN(C)CC4C3)cn2)c1O. The zero-order valence-corrected chi connectivity index (χ0v) is 18.8. The molecule has 0 saturated carbocycles. The normalized spacial score (nSPS) is 20.5. The van der Waals surface area contributed by atoms with E-state index in [0.717, 1.165) is 43.7 Å². The van der Waals surface area contributed by atoms with Crippen LogP contribution >= 0.6 is 0 Å². The van der Waals surface area contributed by atoms with Gasteiger partial charge < -0.3 is 14.9 Å². The molecule has 2 aromatic heterocycles. The summed E-state index contributed by atoms with van der Waals surface area (Å²) in [6.45, 7) is 5.63. The molecule has 3 aromatic rings. The molecule has 2 aliphatic rings. The van der Waals surface area contributed by atoms with Gasteiger partial charge in [0.25, 0.3) is 5.91 Å². The van der Waals surface area contributed by atoms with Crippen molar-refractivity contribution in [3.05, 3.63) is 59.4 Å². The Morgan fingerprint density at radius 1 is 1.12 bits per heavy atom. The fraction of sp³-hybridized carbons (Fsp3) is 0.360. The van der Waals surface area contributed by atoms with Gasteiger partial charge in [0.05, 0.1) is 29.0 Å². The van der Waals surface area contributed by atoms with Crippen LogP contribution in [0.1, 0.15) is 27.9 Å².